The lowest BCUT2D eigenvalue weighted by atomic mass is 9.66. The van der Waals surface area contributed by atoms with Crippen LogP contribution in [0.5, 0.6) is 28.7 Å². The fraction of sp³-hybridized carbons (Fsp3) is 0.625. The summed E-state index contributed by atoms with van der Waals surface area (Å²) in [5.74, 6) is -0.206. The Morgan fingerprint density at radius 1 is 0.825 bits per heavy atom. The van der Waals surface area contributed by atoms with E-state index in [0.29, 0.717) is 46.4 Å². The first kappa shape index (κ1) is 47.0. The Morgan fingerprint density at radius 2 is 1.49 bits per heavy atom. The molecule has 3 saturated heterocycles. The first-order chi connectivity index (χ1) is 30.7. The number of ether oxygens (including phenoxy) is 10. The summed E-state index contributed by atoms with van der Waals surface area (Å²) in [4.78, 5) is 13.8. The van der Waals surface area contributed by atoms with Gasteiger partial charge in [0.1, 0.15) is 24.4 Å². The molecule has 63 heavy (non-hydrogen) atoms. The Morgan fingerprint density at radius 3 is 2.19 bits per heavy atom. The highest BCUT2D eigenvalue weighted by atomic mass is 32.1. The van der Waals surface area contributed by atoms with E-state index >= 15 is 0 Å². The average molecular weight is 896 g/mol. The zero-order valence-corrected chi connectivity index (χ0v) is 37.8. The Bertz CT molecular complexity index is 1880. The summed E-state index contributed by atoms with van der Waals surface area (Å²) in [6.07, 6.45) is 16.4. The van der Waals surface area contributed by atoms with Crippen LogP contribution in [0.15, 0.2) is 48.6 Å². The highest BCUT2D eigenvalue weighted by Gasteiger charge is 2.56. The van der Waals surface area contributed by atoms with E-state index in [1.54, 1.807) is 6.92 Å². The van der Waals surface area contributed by atoms with Crippen LogP contribution in [0.2, 0.25) is 0 Å². The monoisotopic (exact) mass is 895 g/mol. The number of fused-ring (bicyclic) bond motifs is 4. The fourth-order valence-corrected chi connectivity index (χ4v) is 9.44. The molecule has 1 aliphatic carbocycles. The molecular formula is C48H65NO13S. The number of esters is 1. The second-order valence-electron chi connectivity index (χ2n) is 16.9. The number of rotatable bonds is 21. The Hall–Kier alpha value is -3.96. The number of nitrogens with one attached hydrogen (secondary N) is 1. The van der Waals surface area contributed by atoms with Gasteiger partial charge in [0.25, 0.3) is 5.17 Å². The molecule has 10 atom stereocenters. The number of aliphatic hydroxyl groups is 2. The summed E-state index contributed by atoms with van der Waals surface area (Å²) < 4.78 is 59.4. The van der Waals surface area contributed by atoms with Gasteiger partial charge in [-0.25, -0.2) is 0 Å². The van der Waals surface area contributed by atoms with E-state index in [0.717, 1.165) is 31.2 Å². The third kappa shape index (κ3) is 11.3. The summed E-state index contributed by atoms with van der Waals surface area (Å²) in [6, 6.07) is 7.33. The van der Waals surface area contributed by atoms with E-state index in [1.165, 1.54) is 65.6 Å². The summed E-state index contributed by atoms with van der Waals surface area (Å²) in [5, 5.41) is 25.8. The van der Waals surface area contributed by atoms with E-state index < -0.39 is 66.8 Å². The molecule has 2 aromatic rings. The van der Waals surface area contributed by atoms with Gasteiger partial charge in [-0.05, 0) is 98.6 Å². The number of cyclic esters (lactones) is 1. The third-order valence-electron chi connectivity index (χ3n) is 12.6. The van der Waals surface area contributed by atoms with Crippen LogP contribution < -0.4 is 29.0 Å². The van der Waals surface area contributed by atoms with E-state index in [2.05, 4.69) is 36.5 Å². The molecule has 0 saturated carbocycles. The molecule has 3 N–H and O–H groups in total. The molecule has 14 nitrogen and oxygen atoms in total. The number of hydrogen-bond donors (Lipinski definition) is 3. The van der Waals surface area contributed by atoms with Crippen LogP contribution >= 0.6 is 12.2 Å². The molecule has 4 aliphatic heterocycles. The second kappa shape index (κ2) is 22.8. The van der Waals surface area contributed by atoms with Gasteiger partial charge in [0.15, 0.2) is 35.6 Å². The highest BCUT2D eigenvalue weighted by Crippen LogP contribution is 2.57. The van der Waals surface area contributed by atoms with Crippen molar-refractivity contribution in [3.8, 4) is 28.7 Å². The number of benzene rings is 2. The van der Waals surface area contributed by atoms with Gasteiger partial charge in [-0.2, -0.15) is 0 Å². The number of carbonyl (C=O) groups excluding carboxylic acids is 1. The second-order valence-corrected chi connectivity index (χ2v) is 17.2. The van der Waals surface area contributed by atoms with Gasteiger partial charge in [-0.15, -0.1) is 0 Å². The molecular weight excluding hydrogens is 831 g/mol. The maximum atomic E-state index is 13.8. The maximum Gasteiger partial charge on any atom is 0.310 e. The molecule has 0 radical (unpaired) electrons. The number of carbonyl (C=O) groups is 1. The highest BCUT2D eigenvalue weighted by molar-refractivity contribution is 7.80. The topological polar surface area (TPSA) is 162 Å². The first-order valence-electron chi connectivity index (χ1n) is 22.8. The molecule has 15 heteroatoms. The molecule has 0 amide bonds. The van der Waals surface area contributed by atoms with Crippen LogP contribution in [0.25, 0.3) is 0 Å². The van der Waals surface area contributed by atoms with Crippen molar-refractivity contribution in [1.29, 1.82) is 0 Å². The van der Waals surface area contributed by atoms with Crippen molar-refractivity contribution in [3.05, 3.63) is 65.3 Å². The van der Waals surface area contributed by atoms with Gasteiger partial charge in [0.2, 0.25) is 12.5 Å². The number of hydrogen-bond acceptors (Lipinski definition) is 14. The lowest BCUT2D eigenvalue weighted by Gasteiger charge is -2.47. The minimum atomic E-state index is -1.45. The lowest BCUT2D eigenvalue weighted by Crippen LogP contribution is -2.63. The van der Waals surface area contributed by atoms with E-state index in [1.807, 2.05) is 24.3 Å². The molecule has 0 bridgehead atoms. The van der Waals surface area contributed by atoms with Gasteiger partial charge in [-0.3, -0.25) is 4.79 Å². The van der Waals surface area contributed by atoms with Gasteiger partial charge in [0.05, 0.1) is 39.5 Å². The van der Waals surface area contributed by atoms with Crippen molar-refractivity contribution in [2.75, 3.05) is 40.8 Å². The maximum absolute atomic E-state index is 13.8. The largest absolute Gasteiger partial charge is 0.493 e. The van der Waals surface area contributed by atoms with E-state index in [-0.39, 0.29) is 25.2 Å². The molecule has 4 heterocycles. The van der Waals surface area contributed by atoms with Crippen LogP contribution in [0.3, 0.4) is 0 Å². The molecule has 3 fully saturated rings. The standard InChI is InChI=1S/C48H65NO13S/c1-5-6-7-8-9-10-11-12-13-14-15-16-17-18-19-20-21-49-48(63)62-44-36(53-3)22-30(23-37(44)54-4)39-31-24-34-35(58-28-57-34)25-32(31)43(33-26-56-46(52)40(33)39)61-47-42(51)41(50)45-38(60-47)27-55-29(2)59-45/h9-10,12-13,22-25,29,33,38-43,45,47,50-51H,5-8,11,14-21,26-28H2,1-4H3,(H,49,63)/t29-,33+,38-,39-,40+,41-,42-,43-,45-,47+/m1/s1. The minimum Gasteiger partial charge on any atom is -0.493 e. The summed E-state index contributed by atoms with van der Waals surface area (Å²) in [7, 11) is 3.07. The number of allylic oxidation sites excluding steroid dienone is 4. The number of methoxy groups -OCH3 is 2. The molecule has 5 aliphatic rings. The Labute approximate surface area is 376 Å². The van der Waals surface area contributed by atoms with E-state index in [9.17, 15) is 15.0 Å². The average Bonchev–Trinajstić information content (AvgIpc) is 3.92. The predicted molar refractivity (Wildman–Crippen MR) is 237 cm³/mol. The van der Waals surface area contributed by atoms with Crippen molar-refractivity contribution in [2.24, 2.45) is 11.8 Å². The van der Waals surface area contributed by atoms with Crippen molar-refractivity contribution in [2.45, 2.75) is 140 Å². The smallest absolute Gasteiger partial charge is 0.310 e. The van der Waals surface area contributed by atoms with Crippen molar-refractivity contribution in [1.82, 2.24) is 5.32 Å². The van der Waals surface area contributed by atoms with Crippen LogP contribution in [0.1, 0.15) is 120 Å². The van der Waals surface area contributed by atoms with Crippen LogP contribution in [-0.2, 0) is 28.5 Å². The van der Waals surface area contributed by atoms with Crippen LogP contribution in [0, 0.1) is 11.8 Å². The molecule has 346 valence electrons. The quantitative estimate of drug-likeness (QED) is 0.0484. The normalized spacial score (nSPS) is 28.4. The first-order valence-corrected chi connectivity index (χ1v) is 23.2. The Balaban J connectivity index is 0.984. The molecule has 2 aromatic carbocycles. The van der Waals surface area contributed by atoms with Crippen molar-refractivity contribution < 1.29 is 62.4 Å². The molecule has 0 aromatic heterocycles. The number of thiocarbonyl (C=S) groups is 1. The van der Waals surface area contributed by atoms with Gasteiger partial charge in [-0.1, -0.05) is 69.8 Å². The molecule has 7 rings (SSSR count). The van der Waals surface area contributed by atoms with E-state index in [4.69, 9.17) is 59.6 Å². The molecule has 0 spiro atoms. The van der Waals surface area contributed by atoms with Crippen LogP contribution in [-0.4, -0.2) is 99.1 Å². The minimum absolute atomic E-state index is 0.0268. The predicted octanol–water partition coefficient (Wildman–Crippen LogP) is 7.70. The van der Waals surface area contributed by atoms with Gasteiger partial charge >= 0.3 is 5.97 Å². The third-order valence-corrected chi connectivity index (χ3v) is 12.8. The Kier molecular flexibility index (Phi) is 17.0. The zero-order chi connectivity index (χ0) is 44.3. The molecule has 0 unspecified atom stereocenters. The summed E-state index contributed by atoms with van der Waals surface area (Å²) in [6.45, 7) is 4.84. The van der Waals surface area contributed by atoms with Gasteiger partial charge < -0.3 is 62.9 Å². The van der Waals surface area contributed by atoms with Crippen molar-refractivity contribution >= 4 is 23.4 Å². The number of aliphatic hydroxyl groups excluding tert-OH is 2. The SMILES string of the molecule is CCCCCC=CCC=CCCCCCCCCNC(=S)Oc1c(OC)cc([C@@H]2c3cc4c(cc3[C@@H](O[C@@H]3O[C@@H]5CO[C@@H](C)O[C@H]5[C@H](O)[C@H]3O)[C@H]3COC(=O)[C@H]23)OCO4)cc1OC. The summed E-state index contributed by atoms with van der Waals surface area (Å²) in [5.41, 5.74) is 2.10. The van der Waals surface area contributed by atoms with Crippen molar-refractivity contribution in [3.63, 3.8) is 0 Å². The lowest BCUT2D eigenvalue weighted by molar-refractivity contribution is -0.364. The van der Waals surface area contributed by atoms with Crippen LogP contribution in [0.4, 0.5) is 0 Å². The zero-order valence-electron chi connectivity index (χ0n) is 37.0. The van der Waals surface area contributed by atoms with Gasteiger partial charge in [0, 0.05) is 18.4 Å². The number of unbranched alkanes of at least 4 members (excludes halogenated alkanes) is 9. The summed E-state index contributed by atoms with van der Waals surface area (Å²) >= 11 is 5.61. The fourth-order valence-electron chi connectivity index (χ4n) is 9.25.